The quantitative estimate of drug-likeness (QED) is 0.813. The van der Waals surface area contributed by atoms with Gasteiger partial charge in [-0.1, -0.05) is 0 Å². The molecule has 1 aromatic rings. The number of nitrogens with zero attached hydrogens (tertiary/aromatic N) is 3. The molecule has 7 heteroatoms. The summed E-state index contributed by atoms with van der Waals surface area (Å²) in [5.41, 5.74) is 6.13. The van der Waals surface area contributed by atoms with Gasteiger partial charge in [0.25, 0.3) is 0 Å². The number of amides is 1. The van der Waals surface area contributed by atoms with Crippen LogP contribution in [0.3, 0.4) is 0 Å². The number of nitrogen functional groups attached to an aromatic ring is 1. The molecule has 0 bridgehead atoms. The minimum Gasteiger partial charge on any atom is -0.478 e. The van der Waals surface area contributed by atoms with Crippen LogP contribution in [0.4, 0.5) is 11.5 Å². The SMILES string of the molecule is CC(=O)N1CCCN(c2nccc(C(=O)O)c2N)CC1. The monoisotopic (exact) mass is 278 g/mol. The molecule has 0 radical (unpaired) electrons. The molecule has 0 unspecified atom stereocenters. The van der Waals surface area contributed by atoms with Crippen molar-refractivity contribution in [1.29, 1.82) is 0 Å². The molecule has 0 atom stereocenters. The van der Waals surface area contributed by atoms with E-state index in [9.17, 15) is 9.59 Å². The molecule has 0 aliphatic carbocycles. The molecular weight excluding hydrogens is 260 g/mol. The third-order valence-corrected chi connectivity index (χ3v) is 3.44. The fraction of sp³-hybridized carbons (Fsp3) is 0.462. The highest BCUT2D eigenvalue weighted by Crippen LogP contribution is 2.25. The average Bonchev–Trinajstić information content (AvgIpc) is 2.64. The van der Waals surface area contributed by atoms with Gasteiger partial charge in [-0.05, 0) is 12.5 Å². The second-order valence-corrected chi connectivity index (χ2v) is 4.75. The van der Waals surface area contributed by atoms with Crippen molar-refractivity contribution < 1.29 is 14.7 Å². The van der Waals surface area contributed by atoms with Crippen LogP contribution >= 0.6 is 0 Å². The topological polar surface area (TPSA) is 99.8 Å². The van der Waals surface area contributed by atoms with Crippen LogP contribution < -0.4 is 10.6 Å². The summed E-state index contributed by atoms with van der Waals surface area (Å²) in [5.74, 6) is -0.534. The molecule has 1 aromatic heterocycles. The van der Waals surface area contributed by atoms with Crippen molar-refractivity contribution >= 4 is 23.4 Å². The lowest BCUT2D eigenvalue weighted by Crippen LogP contribution is -2.34. The zero-order chi connectivity index (χ0) is 14.7. The van der Waals surface area contributed by atoms with E-state index in [-0.39, 0.29) is 17.2 Å². The van der Waals surface area contributed by atoms with E-state index in [2.05, 4.69) is 4.98 Å². The van der Waals surface area contributed by atoms with Crippen LogP contribution in [0.1, 0.15) is 23.7 Å². The van der Waals surface area contributed by atoms with Gasteiger partial charge < -0.3 is 20.6 Å². The van der Waals surface area contributed by atoms with Crippen molar-refractivity contribution in [3.8, 4) is 0 Å². The van der Waals surface area contributed by atoms with Crippen molar-refractivity contribution in [2.24, 2.45) is 0 Å². The van der Waals surface area contributed by atoms with E-state index in [1.807, 2.05) is 4.90 Å². The third-order valence-electron chi connectivity index (χ3n) is 3.44. The molecule has 2 heterocycles. The molecule has 2 rings (SSSR count). The van der Waals surface area contributed by atoms with Crippen LogP contribution in [0, 0.1) is 0 Å². The van der Waals surface area contributed by atoms with E-state index >= 15 is 0 Å². The lowest BCUT2D eigenvalue weighted by molar-refractivity contribution is -0.128. The summed E-state index contributed by atoms with van der Waals surface area (Å²) in [4.78, 5) is 30.4. The van der Waals surface area contributed by atoms with Gasteiger partial charge in [0.2, 0.25) is 5.91 Å². The summed E-state index contributed by atoms with van der Waals surface area (Å²) in [6.07, 6.45) is 2.25. The normalized spacial score (nSPS) is 15.8. The highest BCUT2D eigenvalue weighted by molar-refractivity contribution is 5.96. The number of carboxylic acids is 1. The number of hydrogen-bond donors (Lipinski definition) is 2. The first kappa shape index (κ1) is 14.1. The maximum Gasteiger partial charge on any atom is 0.337 e. The second-order valence-electron chi connectivity index (χ2n) is 4.75. The number of pyridine rings is 1. The summed E-state index contributed by atoms with van der Waals surface area (Å²) in [6, 6.07) is 1.39. The molecule has 0 aromatic carbocycles. The summed E-state index contributed by atoms with van der Waals surface area (Å²) in [5, 5.41) is 9.08. The number of carbonyl (C=O) groups excluding carboxylic acids is 1. The first-order valence-electron chi connectivity index (χ1n) is 6.49. The predicted molar refractivity (Wildman–Crippen MR) is 74.7 cm³/mol. The Hall–Kier alpha value is -2.31. The largest absolute Gasteiger partial charge is 0.478 e. The summed E-state index contributed by atoms with van der Waals surface area (Å²) in [7, 11) is 0. The zero-order valence-electron chi connectivity index (χ0n) is 11.4. The van der Waals surface area contributed by atoms with E-state index < -0.39 is 5.97 Å². The Bertz CT molecular complexity index is 532. The summed E-state index contributed by atoms with van der Waals surface area (Å²) < 4.78 is 0. The number of aromatic carboxylic acids is 1. The van der Waals surface area contributed by atoms with E-state index in [0.717, 1.165) is 6.42 Å². The van der Waals surface area contributed by atoms with Crippen LogP contribution in [-0.2, 0) is 4.79 Å². The van der Waals surface area contributed by atoms with E-state index in [1.165, 1.54) is 12.3 Å². The Morgan fingerprint density at radius 2 is 2.05 bits per heavy atom. The molecule has 0 saturated carbocycles. The molecule has 1 aliphatic rings. The van der Waals surface area contributed by atoms with Crippen molar-refractivity contribution in [3.05, 3.63) is 17.8 Å². The molecule has 1 fully saturated rings. The highest BCUT2D eigenvalue weighted by Gasteiger charge is 2.21. The maximum atomic E-state index is 11.4. The lowest BCUT2D eigenvalue weighted by atomic mass is 10.2. The molecule has 1 saturated heterocycles. The molecule has 1 aliphatic heterocycles. The molecule has 0 spiro atoms. The van der Waals surface area contributed by atoms with Gasteiger partial charge in [0.05, 0.1) is 11.3 Å². The van der Waals surface area contributed by atoms with Crippen LogP contribution in [0.5, 0.6) is 0 Å². The standard InChI is InChI=1S/C13H18N4O3/c1-9(18)16-5-2-6-17(8-7-16)12-11(14)10(13(19)20)3-4-15-12/h3-4H,2,5-8,14H2,1H3,(H,19,20). The number of hydrogen-bond acceptors (Lipinski definition) is 5. The minimum atomic E-state index is -1.06. The van der Waals surface area contributed by atoms with Gasteiger partial charge in [-0.2, -0.15) is 0 Å². The molecule has 108 valence electrons. The molecular formula is C13H18N4O3. The molecule has 7 nitrogen and oxygen atoms in total. The smallest absolute Gasteiger partial charge is 0.337 e. The third kappa shape index (κ3) is 2.81. The Labute approximate surface area is 117 Å². The number of anilines is 2. The first-order chi connectivity index (χ1) is 9.50. The van der Waals surface area contributed by atoms with E-state index in [4.69, 9.17) is 10.8 Å². The van der Waals surface area contributed by atoms with Crippen LogP contribution in [0.2, 0.25) is 0 Å². The van der Waals surface area contributed by atoms with E-state index in [1.54, 1.807) is 11.8 Å². The van der Waals surface area contributed by atoms with Crippen LogP contribution in [-0.4, -0.2) is 53.0 Å². The number of carbonyl (C=O) groups is 2. The average molecular weight is 278 g/mol. The molecule has 1 amide bonds. The molecule has 20 heavy (non-hydrogen) atoms. The summed E-state index contributed by atoms with van der Waals surface area (Å²) >= 11 is 0. The number of rotatable bonds is 2. The number of nitrogens with two attached hydrogens (primary N) is 1. The Morgan fingerprint density at radius 3 is 2.70 bits per heavy atom. The van der Waals surface area contributed by atoms with Gasteiger partial charge in [-0.3, -0.25) is 4.79 Å². The van der Waals surface area contributed by atoms with Gasteiger partial charge in [-0.25, -0.2) is 9.78 Å². The first-order valence-corrected chi connectivity index (χ1v) is 6.49. The van der Waals surface area contributed by atoms with Crippen molar-refractivity contribution in [1.82, 2.24) is 9.88 Å². The minimum absolute atomic E-state index is 0.0482. The lowest BCUT2D eigenvalue weighted by Gasteiger charge is -2.23. The van der Waals surface area contributed by atoms with E-state index in [0.29, 0.717) is 32.0 Å². The zero-order valence-corrected chi connectivity index (χ0v) is 11.4. The van der Waals surface area contributed by atoms with Crippen LogP contribution in [0.15, 0.2) is 12.3 Å². The van der Waals surface area contributed by atoms with Gasteiger partial charge >= 0.3 is 5.97 Å². The van der Waals surface area contributed by atoms with Gasteiger partial charge in [0, 0.05) is 39.3 Å². The van der Waals surface area contributed by atoms with Crippen molar-refractivity contribution in [2.45, 2.75) is 13.3 Å². The van der Waals surface area contributed by atoms with Crippen LogP contribution in [0.25, 0.3) is 0 Å². The van der Waals surface area contributed by atoms with Gasteiger partial charge in [0.15, 0.2) is 5.82 Å². The second kappa shape index (κ2) is 5.77. The predicted octanol–water partition coefficient (Wildman–Crippen LogP) is 0.421. The maximum absolute atomic E-state index is 11.4. The van der Waals surface area contributed by atoms with Gasteiger partial charge in [0.1, 0.15) is 0 Å². The fourth-order valence-electron chi connectivity index (χ4n) is 2.34. The Balaban J connectivity index is 2.22. The van der Waals surface area contributed by atoms with Crippen molar-refractivity contribution in [3.63, 3.8) is 0 Å². The highest BCUT2D eigenvalue weighted by atomic mass is 16.4. The number of aromatic nitrogens is 1. The molecule has 3 N–H and O–H groups in total. The Morgan fingerprint density at radius 1 is 1.30 bits per heavy atom. The van der Waals surface area contributed by atoms with Gasteiger partial charge in [-0.15, -0.1) is 0 Å². The fourth-order valence-corrected chi connectivity index (χ4v) is 2.34. The Kier molecular flexibility index (Phi) is 4.07. The number of carboxylic acid groups (broad SMARTS) is 1. The summed E-state index contributed by atoms with van der Waals surface area (Å²) in [6.45, 7) is 4.13. The van der Waals surface area contributed by atoms with Crippen molar-refractivity contribution in [2.75, 3.05) is 36.8 Å².